The van der Waals surface area contributed by atoms with Gasteiger partial charge in [0.2, 0.25) is 5.28 Å². The van der Waals surface area contributed by atoms with Crippen molar-refractivity contribution < 1.29 is 4.39 Å². The minimum Gasteiger partial charge on any atom is -0.326 e. The number of rotatable bonds is 3. The number of aryl methyl sites for hydroxylation is 2. The molecule has 0 N–H and O–H groups in total. The quantitative estimate of drug-likeness (QED) is 0.651. The number of benzene rings is 1. The predicted molar refractivity (Wildman–Crippen MR) is 90.2 cm³/mol. The summed E-state index contributed by atoms with van der Waals surface area (Å²) in [5.41, 5.74) is 3.45. The largest absolute Gasteiger partial charge is 0.326 e. The fourth-order valence-corrected chi connectivity index (χ4v) is 3.08. The minimum absolute atomic E-state index is 0.159. The van der Waals surface area contributed by atoms with Crippen LogP contribution in [0.2, 0.25) is 5.28 Å². The molecule has 0 saturated heterocycles. The van der Waals surface area contributed by atoms with E-state index in [0.717, 1.165) is 23.3 Å². The van der Waals surface area contributed by atoms with Crippen LogP contribution in [0.4, 0.5) is 4.39 Å². The van der Waals surface area contributed by atoms with Gasteiger partial charge in [0.05, 0.1) is 11.2 Å². The first kappa shape index (κ1) is 15.9. The summed E-state index contributed by atoms with van der Waals surface area (Å²) in [4.78, 5) is 12.7. The molecule has 1 aromatic carbocycles. The lowest BCUT2D eigenvalue weighted by Crippen LogP contribution is -2.03. The van der Waals surface area contributed by atoms with Crippen LogP contribution in [0.1, 0.15) is 38.2 Å². The summed E-state index contributed by atoms with van der Waals surface area (Å²) in [7, 11) is 0. The Bertz CT molecular complexity index is 886. The maximum absolute atomic E-state index is 14.6. The lowest BCUT2D eigenvalue weighted by molar-refractivity contribution is 0.600. The topological polar surface area (TPSA) is 43.6 Å². The SMILES string of the molecule is CCc1cnc(Cl)nc1-c1cc(F)c2nc(C)n(C(C)C)c2c1. The Balaban J connectivity index is 2.32. The van der Waals surface area contributed by atoms with E-state index in [1.807, 2.05) is 24.5 Å². The Morgan fingerprint density at radius 1 is 1.26 bits per heavy atom. The summed E-state index contributed by atoms with van der Waals surface area (Å²) in [6, 6.07) is 3.59. The Morgan fingerprint density at radius 3 is 2.65 bits per heavy atom. The number of halogens is 2. The van der Waals surface area contributed by atoms with Crippen LogP contribution in [0.25, 0.3) is 22.3 Å². The molecule has 3 aromatic rings. The average molecular weight is 333 g/mol. The highest BCUT2D eigenvalue weighted by molar-refractivity contribution is 6.28. The summed E-state index contributed by atoms with van der Waals surface area (Å²) >= 11 is 5.93. The van der Waals surface area contributed by atoms with Gasteiger partial charge in [-0.1, -0.05) is 6.92 Å². The summed E-state index contributed by atoms with van der Waals surface area (Å²) in [6.07, 6.45) is 2.44. The van der Waals surface area contributed by atoms with Gasteiger partial charge in [0.15, 0.2) is 5.82 Å². The van der Waals surface area contributed by atoms with E-state index in [-0.39, 0.29) is 17.1 Å². The van der Waals surface area contributed by atoms with E-state index in [1.54, 1.807) is 6.20 Å². The van der Waals surface area contributed by atoms with E-state index < -0.39 is 0 Å². The monoisotopic (exact) mass is 332 g/mol. The maximum atomic E-state index is 14.6. The average Bonchev–Trinajstić information content (AvgIpc) is 2.84. The van der Waals surface area contributed by atoms with Crippen molar-refractivity contribution in [3.63, 3.8) is 0 Å². The Hall–Kier alpha value is -2.01. The highest BCUT2D eigenvalue weighted by atomic mass is 35.5. The van der Waals surface area contributed by atoms with E-state index >= 15 is 0 Å². The molecule has 2 heterocycles. The van der Waals surface area contributed by atoms with Crippen LogP contribution in [0.15, 0.2) is 18.3 Å². The first-order chi connectivity index (χ1) is 10.9. The molecule has 0 aliphatic heterocycles. The van der Waals surface area contributed by atoms with Crippen molar-refractivity contribution in [2.45, 2.75) is 40.2 Å². The normalized spacial score (nSPS) is 11.6. The highest BCUT2D eigenvalue weighted by Gasteiger charge is 2.17. The number of aromatic nitrogens is 4. The molecule has 120 valence electrons. The molecule has 0 radical (unpaired) electrons. The number of hydrogen-bond acceptors (Lipinski definition) is 3. The van der Waals surface area contributed by atoms with Gasteiger partial charge >= 0.3 is 0 Å². The second-order valence-electron chi connectivity index (χ2n) is 5.82. The molecule has 0 spiro atoms. The molecule has 0 aliphatic rings. The smallest absolute Gasteiger partial charge is 0.222 e. The molecule has 0 atom stereocenters. The number of nitrogens with zero attached hydrogens (tertiary/aromatic N) is 4. The third-order valence-electron chi connectivity index (χ3n) is 3.93. The zero-order valence-electron chi connectivity index (χ0n) is 13.6. The molecule has 0 bridgehead atoms. The standard InChI is InChI=1S/C17H18ClFN4/c1-5-11-8-20-17(18)22-15(11)12-6-13(19)16-14(7-12)23(9(2)3)10(4)21-16/h6-9H,5H2,1-4H3. The second kappa shape index (κ2) is 5.89. The van der Waals surface area contributed by atoms with Crippen molar-refractivity contribution in [2.75, 3.05) is 0 Å². The van der Waals surface area contributed by atoms with Crippen LogP contribution < -0.4 is 0 Å². The van der Waals surface area contributed by atoms with E-state index in [0.29, 0.717) is 16.8 Å². The Kier molecular flexibility index (Phi) is 4.06. The third kappa shape index (κ3) is 2.70. The fourth-order valence-electron chi connectivity index (χ4n) is 2.95. The second-order valence-corrected chi connectivity index (χ2v) is 6.15. The highest BCUT2D eigenvalue weighted by Crippen LogP contribution is 2.30. The molecular weight excluding hydrogens is 315 g/mol. The van der Waals surface area contributed by atoms with E-state index in [2.05, 4.69) is 28.8 Å². The molecular formula is C17H18ClFN4. The van der Waals surface area contributed by atoms with Crippen LogP contribution in [0, 0.1) is 12.7 Å². The van der Waals surface area contributed by atoms with Gasteiger partial charge in [0.1, 0.15) is 11.3 Å². The Labute approximate surface area is 139 Å². The zero-order chi connectivity index (χ0) is 16.7. The molecule has 0 fully saturated rings. The molecule has 0 amide bonds. The number of hydrogen-bond donors (Lipinski definition) is 0. The lowest BCUT2D eigenvalue weighted by Gasteiger charge is -2.12. The maximum Gasteiger partial charge on any atom is 0.222 e. The molecule has 4 nitrogen and oxygen atoms in total. The summed E-state index contributed by atoms with van der Waals surface area (Å²) < 4.78 is 16.6. The fraction of sp³-hybridized carbons (Fsp3) is 0.353. The van der Waals surface area contributed by atoms with Crippen molar-refractivity contribution in [2.24, 2.45) is 0 Å². The van der Waals surface area contributed by atoms with Crippen LogP contribution in [0.5, 0.6) is 0 Å². The Morgan fingerprint density at radius 2 is 2.00 bits per heavy atom. The number of fused-ring (bicyclic) bond motifs is 1. The van der Waals surface area contributed by atoms with Crippen molar-refractivity contribution in [3.8, 4) is 11.3 Å². The van der Waals surface area contributed by atoms with E-state index in [1.165, 1.54) is 6.07 Å². The molecule has 0 saturated carbocycles. The van der Waals surface area contributed by atoms with Gasteiger partial charge in [-0.3, -0.25) is 0 Å². The van der Waals surface area contributed by atoms with Crippen molar-refractivity contribution in [1.82, 2.24) is 19.5 Å². The summed E-state index contributed by atoms with van der Waals surface area (Å²) in [5.74, 6) is 0.444. The molecule has 23 heavy (non-hydrogen) atoms. The van der Waals surface area contributed by atoms with E-state index in [4.69, 9.17) is 11.6 Å². The lowest BCUT2D eigenvalue weighted by atomic mass is 10.0. The van der Waals surface area contributed by atoms with Gasteiger partial charge in [-0.25, -0.2) is 19.3 Å². The van der Waals surface area contributed by atoms with Crippen LogP contribution in [0.3, 0.4) is 0 Å². The first-order valence-corrected chi connectivity index (χ1v) is 8.00. The van der Waals surface area contributed by atoms with Crippen molar-refractivity contribution in [3.05, 3.63) is 40.8 Å². The van der Waals surface area contributed by atoms with Gasteiger partial charge in [0, 0.05) is 17.8 Å². The molecule has 0 unspecified atom stereocenters. The number of imidazole rings is 1. The van der Waals surface area contributed by atoms with Crippen LogP contribution in [-0.4, -0.2) is 19.5 Å². The summed E-state index contributed by atoms with van der Waals surface area (Å²) in [5, 5.41) is 0.159. The van der Waals surface area contributed by atoms with Crippen LogP contribution >= 0.6 is 11.6 Å². The first-order valence-electron chi connectivity index (χ1n) is 7.62. The molecule has 0 aliphatic carbocycles. The van der Waals surface area contributed by atoms with Gasteiger partial charge < -0.3 is 4.57 Å². The van der Waals surface area contributed by atoms with Gasteiger partial charge in [-0.15, -0.1) is 0 Å². The molecule has 3 rings (SSSR count). The van der Waals surface area contributed by atoms with Crippen LogP contribution in [-0.2, 0) is 6.42 Å². The van der Waals surface area contributed by atoms with Crippen molar-refractivity contribution in [1.29, 1.82) is 0 Å². The van der Waals surface area contributed by atoms with Crippen molar-refractivity contribution >= 4 is 22.6 Å². The third-order valence-corrected chi connectivity index (χ3v) is 4.11. The van der Waals surface area contributed by atoms with Gasteiger partial charge in [-0.05, 0) is 56.5 Å². The van der Waals surface area contributed by atoms with Gasteiger partial charge in [0.25, 0.3) is 0 Å². The zero-order valence-corrected chi connectivity index (χ0v) is 14.3. The minimum atomic E-state index is -0.350. The molecule has 6 heteroatoms. The summed E-state index contributed by atoms with van der Waals surface area (Å²) in [6.45, 7) is 8.00. The predicted octanol–water partition coefficient (Wildman–Crippen LogP) is 4.74. The van der Waals surface area contributed by atoms with Gasteiger partial charge in [-0.2, -0.15) is 0 Å². The molecule has 2 aromatic heterocycles. The van der Waals surface area contributed by atoms with E-state index in [9.17, 15) is 4.39 Å².